The number of hydrogen-bond donors (Lipinski definition) is 0. The molecule has 2 aromatic carbocycles. The van der Waals surface area contributed by atoms with Crippen molar-refractivity contribution < 1.29 is 4.79 Å². The van der Waals surface area contributed by atoms with E-state index in [1.165, 1.54) is 0 Å². The molecule has 0 heterocycles. The first-order valence-electron chi connectivity index (χ1n) is 7.47. The number of benzene rings is 2. The van der Waals surface area contributed by atoms with Crippen LogP contribution in [0.3, 0.4) is 0 Å². The summed E-state index contributed by atoms with van der Waals surface area (Å²) in [6.45, 7) is 3.95. The van der Waals surface area contributed by atoms with Crippen molar-refractivity contribution in [2.45, 2.75) is 39.5 Å². The van der Waals surface area contributed by atoms with Gasteiger partial charge in [-0.15, -0.1) is 0 Å². The first-order valence-corrected chi connectivity index (χ1v) is 8.23. The zero-order valence-corrected chi connectivity index (χ0v) is 14.5. The van der Waals surface area contributed by atoms with E-state index in [1.54, 1.807) is 0 Å². The number of hydrogen-bond acceptors (Lipinski definition) is 1. The Morgan fingerprint density at radius 3 is 1.59 bits per heavy atom. The lowest BCUT2D eigenvalue weighted by Crippen LogP contribution is -2.02. The normalized spacial score (nSPS) is 10.7. The van der Waals surface area contributed by atoms with E-state index in [0.29, 0.717) is 12.8 Å². The molecule has 0 saturated heterocycles. The maximum atomic E-state index is 12.0. The van der Waals surface area contributed by atoms with Gasteiger partial charge in [0, 0.05) is 22.9 Å². The lowest BCUT2D eigenvalue weighted by Gasteiger charge is -2.05. The van der Waals surface area contributed by atoms with Crippen molar-refractivity contribution in [2.75, 3.05) is 0 Å². The summed E-state index contributed by atoms with van der Waals surface area (Å²) in [4.78, 5) is 12.0. The largest absolute Gasteiger partial charge is 0.300 e. The highest BCUT2D eigenvalue weighted by Crippen LogP contribution is 2.19. The summed E-state index contributed by atoms with van der Waals surface area (Å²) in [6.07, 6.45) is 2.60. The fourth-order valence-electron chi connectivity index (χ4n) is 2.28. The SMILES string of the molecule is Cc1ccc(CCC(=O)CCc2ccc(C)c(Cl)c2)cc1Cl. The number of carbonyl (C=O) groups is 1. The van der Waals surface area contributed by atoms with E-state index in [1.807, 2.05) is 50.2 Å². The molecule has 0 aromatic heterocycles. The number of carbonyl (C=O) groups excluding carboxylic acids is 1. The fourth-order valence-corrected chi connectivity index (χ4v) is 2.68. The molecule has 0 aliphatic carbocycles. The first kappa shape index (κ1) is 17.1. The quantitative estimate of drug-likeness (QED) is 0.657. The van der Waals surface area contributed by atoms with E-state index in [4.69, 9.17) is 23.2 Å². The van der Waals surface area contributed by atoms with E-state index in [9.17, 15) is 4.79 Å². The third kappa shape index (κ3) is 4.86. The third-order valence-corrected chi connectivity index (χ3v) is 4.67. The summed E-state index contributed by atoms with van der Waals surface area (Å²) >= 11 is 12.2. The molecule has 0 radical (unpaired) electrons. The van der Waals surface area contributed by atoms with Crippen LogP contribution in [-0.4, -0.2) is 5.78 Å². The Bertz CT molecular complexity index is 620. The van der Waals surface area contributed by atoms with Gasteiger partial charge < -0.3 is 0 Å². The lowest BCUT2D eigenvalue weighted by atomic mass is 10.0. The van der Waals surface area contributed by atoms with Crippen molar-refractivity contribution in [1.29, 1.82) is 0 Å². The second kappa shape index (κ2) is 7.80. The summed E-state index contributed by atoms with van der Waals surface area (Å²) in [5.74, 6) is 0.272. The lowest BCUT2D eigenvalue weighted by molar-refractivity contribution is -0.119. The van der Waals surface area contributed by atoms with Gasteiger partial charge in [0.05, 0.1) is 0 Å². The molecule has 0 amide bonds. The van der Waals surface area contributed by atoms with Crippen LogP contribution in [0.5, 0.6) is 0 Å². The number of rotatable bonds is 6. The van der Waals surface area contributed by atoms with Crippen molar-refractivity contribution in [1.82, 2.24) is 0 Å². The van der Waals surface area contributed by atoms with E-state index in [0.717, 1.165) is 45.1 Å². The predicted octanol–water partition coefficient (Wildman–Crippen LogP) is 5.74. The third-order valence-electron chi connectivity index (χ3n) is 3.86. The minimum Gasteiger partial charge on any atom is -0.300 e. The molecule has 0 aliphatic heterocycles. The van der Waals surface area contributed by atoms with Gasteiger partial charge in [0.15, 0.2) is 0 Å². The summed E-state index contributed by atoms with van der Waals surface area (Å²) in [5.41, 5.74) is 4.35. The second-order valence-corrected chi connectivity index (χ2v) is 6.52. The average molecular weight is 335 g/mol. The van der Waals surface area contributed by atoms with E-state index in [-0.39, 0.29) is 5.78 Å². The molecular formula is C19H20Cl2O. The van der Waals surface area contributed by atoms with Crippen LogP contribution in [-0.2, 0) is 17.6 Å². The van der Waals surface area contributed by atoms with Crippen molar-refractivity contribution in [2.24, 2.45) is 0 Å². The van der Waals surface area contributed by atoms with Crippen LogP contribution in [0.1, 0.15) is 35.1 Å². The van der Waals surface area contributed by atoms with Gasteiger partial charge in [-0.05, 0) is 61.1 Å². The molecule has 0 aliphatic rings. The summed E-state index contributed by atoms with van der Waals surface area (Å²) in [5, 5.41) is 1.53. The second-order valence-electron chi connectivity index (χ2n) is 5.71. The highest BCUT2D eigenvalue weighted by Gasteiger charge is 2.06. The topological polar surface area (TPSA) is 17.1 Å². The highest BCUT2D eigenvalue weighted by atomic mass is 35.5. The fraction of sp³-hybridized carbons (Fsp3) is 0.316. The molecule has 0 fully saturated rings. The van der Waals surface area contributed by atoms with E-state index >= 15 is 0 Å². The molecular weight excluding hydrogens is 315 g/mol. The maximum absolute atomic E-state index is 12.0. The van der Waals surface area contributed by atoms with Crippen LogP contribution < -0.4 is 0 Å². The van der Waals surface area contributed by atoms with Crippen molar-refractivity contribution in [3.05, 3.63) is 68.7 Å². The monoisotopic (exact) mass is 334 g/mol. The molecule has 3 heteroatoms. The van der Waals surface area contributed by atoms with Gasteiger partial charge in [-0.25, -0.2) is 0 Å². The number of ketones is 1. The molecule has 1 nitrogen and oxygen atoms in total. The molecule has 0 atom stereocenters. The van der Waals surface area contributed by atoms with Gasteiger partial charge >= 0.3 is 0 Å². The standard InChI is InChI=1S/C19H20Cl2O/c1-13-3-5-15(11-18(13)20)7-9-17(22)10-8-16-6-4-14(2)19(21)12-16/h3-6,11-12H,7-10H2,1-2H3. The number of aryl methyl sites for hydroxylation is 4. The van der Waals surface area contributed by atoms with Crippen molar-refractivity contribution in [3.63, 3.8) is 0 Å². The summed E-state index contributed by atoms with van der Waals surface area (Å²) in [7, 11) is 0. The van der Waals surface area contributed by atoms with Crippen LogP contribution >= 0.6 is 23.2 Å². The van der Waals surface area contributed by atoms with E-state index in [2.05, 4.69) is 0 Å². The minimum atomic E-state index is 0.272. The van der Waals surface area contributed by atoms with Crippen molar-refractivity contribution >= 4 is 29.0 Å². The predicted molar refractivity (Wildman–Crippen MR) is 94.0 cm³/mol. The van der Waals surface area contributed by atoms with Gasteiger partial charge in [0.1, 0.15) is 5.78 Å². The van der Waals surface area contributed by atoms with Crippen LogP contribution in [0, 0.1) is 13.8 Å². The zero-order chi connectivity index (χ0) is 16.1. The van der Waals surface area contributed by atoms with E-state index < -0.39 is 0 Å². The molecule has 0 bridgehead atoms. The van der Waals surface area contributed by atoms with Gasteiger partial charge in [-0.3, -0.25) is 4.79 Å². The Balaban J connectivity index is 1.82. The Kier molecular flexibility index (Phi) is 6.05. The molecule has 0 spiro atoms. The molecule has 0 unspecified atom stereocenters. The summed E-state index contributed by atoms with van der Waals surface area (Å²) in [6, 6.07) is 12.0. The maximum Gasteiger partial charge on any atom is 0.133 e. The Morgan fingerprint density at radius 2 is 1.23 bits per heavy atom. The van der Waals surface area contributed by atoms with Crippen LogP contribution in [0.25, 0.3) is 0 Å². The number of Topliss-reactive ketones (excluding diaryl/α,β-unsaturated/α-hetero) is 1. The van der Waals surface area contributed by atoms with Crippen LogP contribution in [0.2, 0.25) is 10.0 Å². The molecule has 2 rings (SSSR count). The Morgan fingerprint density at radius 1 is 0.818 bits per heavy atom. The molecule has 0 saturated carbocycles. The van der Waals surface area contributed by atoms with Crippen LogP contribution in [0.4, 0.5) is 0 Å². The molecule has 22 heavy (non-hydrogen) atoms. The number of halogens is 2. The van der Waals surface area contributed by atoms with Gasteiger partial charge in [0.25, 0.3) is 0 Å². The summed E-state index contributed by atoms with van der Waals surface area (Å²) < 4.78 is 0. The highest BCUT2D eigenvalue weighted by molar-refractivity contribution is 6.31. The van der Waals surface area contributed by atoms with Crippen molar-refractivity contribution in [3.8, 4) is 0 Å². The first-order chi connectivity index (χ1) is 10.5. The Labute approximate surface area is 142 Å². The van der Waals surface area contributed by atoms with Crippen LogP contribution in [0.15, 0.2) is 36.4 Å². The van der Waals surface area contributed by atoms with Gasteiger partial charge in [0.2, 0.25) is 0 Å². The molecule has 116 valence electrons. The van der Waals surface area contributed by atoms with Gasteiger partial charge in [-0.2, -0.15) is 0 Å². The molecule has 0 N–H and O–H groups in total. The smallest absolute Gasteiger partial charge is 0.133 e. The zero-order valence-electron chi connectivity index (χ0n) is 13.0. The Hall–Kier alpha value is -1.31. The minimum absolute atomic E-state index is 0.272. The molecule has 2 aromatic rings. The average Bonchev–Trinajstić information content (AvgIpc) is 2.49. The van der Waals surface area contributed by atoms with Gasteiger partial charge in [-0.1, -0.05) is 47.5 Å².